The normalized spacial score (nSPS) is 21.0. The Labute approximate surface area is 625 Å². The van der Waals surface area contributed by atoms with E-state index >= 15 is 0 Å². The van der Waals surface area contributed by atoms with Crippen LogP contribution in [0, 0.1) is 17.2 Å². The largest absolute Gasteiger partial charge is 0.748 e. The number of hydrogen-bond donors (Lipinski definition) is 7. The van der Waals surface area contributed by atoms with Crippen LogP contribution in [-0.4, -0.2) is 232 Å². The van der Waals surface area contributed by atoms with E-state index in [0.717, 1.165) is 4.90 Å². The number of piperazine rings is 1. The summed E-state index contributed by atoms with van der Waals surface area (Å²) in [5.41, 5.74) is 3.57. The number of nitriles is 1. The predicted molar refractivity (Wildman–Crippen MR) is 385 cm³/mol. The highest BCUT2D eigenvalue weighted by Gasteiger charge is 2.51. The monoisotopic (exact) mass is 1590 g/mol. The highest BCUT2D eigenvalue weighted by atomic mass is 32.2. The second kappa shape index (κ2) is 34.6. The van der Waals surface area contributed by atoms with Crippen molar-refractivity contribution in [2.24, 2.45) is 5.92 Å². The number of ether oxygens (including phenoxy) is 3. The molecule has 9 rings (SSSR count). The summed E-state index contributed by atoms with van der Waals surface area (Å²) in [5.74, 6) is -8.17. The molecular formula is C71H89F2N9O22S4. The SMILES string of the molecule is CC1(C)C(/C=C/C2=C(Oc3ccc(C[C@H](NC(=O)CCOCCOCCNC(=O)N4CCN(C(=O)C[C@@H]5C[C@@H](C(=O)N6CC(F)(F)C[C@H]6C#N)NC5=O)CC4)C(=O)O)cc3)C(=C/C=C3/N(CCCCS(=O)(=O)[O-])c4ccc(S(=O)(=O)O)cc4C3(C)C)/CCC2)=[N+](CCCCS(=O)(=O)O)c2ccc(S(=O)(=O)O)cc21. The minimum Gasteiger partial charge on any atom is -0.748 e. The Balaban J connectivity index is 0.813. The number of urea groups is 1. The number of carboxylic acids is 1. The van der Waals surface area contributed by atoms with Crippen molar-refractivity contribution in [3.05, 3.63) is 124 Å². The van der Waals surface area contributed by atoms with Gasteiger partial charge in [-0.1, -0.05) is 32.1 Å². The van der Waals surface area contributed by atoms with Crippen LogP contribution in [0.4, 0.5) is 25.0 Å². The molecule has 6 amide bonds. The molecule has 108 heavy (non-hydrogen) atoms. The molecule has 6 aliphatic rings. The number of fused-ring (bicyclic) bond motifs is 2. The summed E-state index contributed by atoms with van der Waals surface area (Å²) >= 11 is 0. The lowest BCUT2D eigenvalue weighted by Crippen LogP contribution is -2.53. The molecular weight excluding hydrogens is 1500 g/mol. The molecule has 3 fully saturated rings. The Morgan fingerprint density at radius 2 is 1.44 bits per heavy atom. The molecule has 588 valence electrons. The minimum absolute atomic E-state index is 0.0293. The van der Waals surface area contributed by atoms with Crippen LogP contribution in [0.1, 0.15) is 115 Å². The number of aliphatic carboxylic acids is 1. The van der Waals surface area contributed by atoms with E-state index in [2.05, 4.69) is 16.0 Å². The first-order valence-corrected chi connectivity index (χ1v) is 41.2. The van der Waals surface area contributed by atoms with Crippen LogP contribution >= 0.6 is 0 Å². The van der Waals surface area contributed by atoms with Crippen molar-refractivity contribution in [2.45, 2.75) is 149 Å². The van der Waals surface area contributed by atoms with Crippen molar-refractivity contribution in [3.8, 4) is 11.8 Å². The molecule has 5 heterocycles. The van der Waals surface area contributed by atoms with Crippen LogP contribution in [-0.2, 0) is 91.2 Å². The summed E-state index contributed by atoms with van der Waals surface area (Å²) in [5, 5.41) is 27.3. The van der Waals surface area contributed by atoms with Crippen molar-refractivity contribution in [2.75, 3.05) is 95.2 Å². The van der Waals surface area contributed by atoms with Crippen molar-refractivity contribution < 1.29 is 113 Å². The van der Waals surface area contributed by atoms with Gasteiger partial charge >= 0.3 is 12.0 Å². The second-order valence-corrected chi connectivity index (χ2v) is 34.3. The third kappa shape index (κ3) is 21.5. The minimum atomic E-state index is -4.65. The average molecular weight is 1590 g/mol. The zero-order valence-electron chi connectivity index (χ0n) is 60.0. The molecule has 3 saturated heterocycles. The number of benzene rings is 3. The van der Waals surface area contributed by atoms with Gasteiger partial charge in [0.05, 0.1) is 70.1 Å². The summed E-state index contributed by atoms with van der Waals surface area (Å²) in [6.07, 6.45) is 8.07. The third-order valence-corrected chi connectivity index (χ3v) is 23.2. The number of carboxylic acid groups (broad SMARTS) is 1. The maximum atomic E-state index is 14.0. The second-order valence-electron chi connectivity index (χ2n) is 28.3. The topological polar surface area (TPSA) is 446 Å². The summed E-state index contributed by atoms with van der Waals surface area (Å²) < 4.78 is 186. The molecule has 3 aromatic rings. The van der Waals surface area contributed by atoms with Crippen molar-refractivity contribution in [1.29, 1.82) is 5.26 Å². The zero-order chi connectivity index (χ0) is 78.9. The van der Waals surface area contributed by atoms with E-state index in [-0.39, 0.29) is 139 Å². The Hall–Kier alpha value is -8.58. The van der Waals surface area contributed by atoms with E-state index < -0.39 is 135 Å². The average Bonchev–Trinajstić information content (AvgIpc) is 1.59. The lowest BCUT2D eigenvalue weighted by Gasteiger charge is -2.35. The number of rotatable bonds is 33. The molecule has 31 nitrogen and oxygen atoms in total. The van der Waals surface area contributed by atoms with Gasteiger partial charge < -0.3 is 59.4 Å². The Morgan fingerprint density at radius 1 is 0.796 bits per heavy atom. The van der Waals surface area contributed by atoms with Crippen LogP contribution in [0.15, 0.2) is 117 Å². The van der Waals surface area contributed by atoms with Gasteiger partial charge in [0, 0.05) is 118 Å². The first-order chi connectivity index (χ1) is 50.6. The number of hydrogen-bond acceptors (Lipinski definition) is 20. The zero-order valence-corrected chi connectivity index (χ0v) is 63.3. The number of likely N-dealkylation sites (tertiary alicyclic amines) is 1. The van der Waals surface area contributed by atoms with Gasteiger partial charge in [0.15, 0.2) is 5.71 Å². The van der Waals surface area contributed by atoms with Gasteiger partial charge in [-0.2, -0.15) is 35.1 Å². The Morgan fingerprint density at radius 3 is 2.09 bits per heavy atom. The fourth-order valence-corrected chi connectivity index (χ4v) is 16.3. The number of carbonyl (C=O) groups excluding carboxylic acids is 5. The molecule has 0 bridgehead atoms. The number of halogens is 2. The fourth-order valence-electron chi connectivity index (χ4n) is 14.2. The van der Waals surface area contributed by atoms with Gasteiger partial charge in [-0.15, -0.1) is 0 Å². The molecule has 0 saturated carbocycles. The third-order valence-electron chi connectivity index (χ3n) is 19.9. The van der Waals surface area contributed by atoms with Crippen LogP contribution < -0.4 is 25.6 Å². The lowest BCUT2D eigenvalue weighted by atomic mass is 9.81. The standard InChI is InChI=1S/C71H89F2N9O22S4/c1-69(2)54-41-52(107(96,97)98)18-20-58(54)80(26-5-7-36-105(90,91)92)60(69)22-14-47-10-9-11-48(15-23-61-70(3,4)55-42-53(108(99,100)101)19-21-59(55)81(61)27-6-8-37-106(93,94)95)64(47)104-51-16-12-46(13-17-51)38-57(67(87)88)76-62(83)24-32-102-34-35-103-33-25-75-68(89)79-30-28-78(29-31-79)63(84)40-49-39-56(77-65(49)85)66(86)82-45-71(72,73)43-50(82)44-74/h12-23,41-42,49-50,56-57H,5-11,24-40,43,45H2,1-4H3,(H7-,75,76,77,83,85,87,88,89,90,91,92,93,94,95,96,97,98,99,100,101)/t49-,50-,56-,57-/m0/s1. The molecule has 37 heteroatoms. The number of nitrogens with one attached hydrogen (secondary N) is 3. The number of amides is 6. The molecule has 3 aromatic carbocycles. The summed E-state index contributed by atoms with van der Waals surface area (Å²) in [6, 6.07) is 12.4. The van der Waals surface area contributed by atoms with Gasteiger partial charge in [0.25, 0.3) is 36.3 Å². The molecule has 5 aliphatic heterocycles. The lowest BCUT2D eigenvalue weighted by molar-refractivity contribution is -0.438. The summed E-state index contributed by atoms with van der Waals surface area (Å²) in [7, 11) is -18.1. The van der Waals surface area contributed by atoms with E-state index in [1.165, 1.54) is 34.1 Å². The number of allylic oxidation sites excluding steroid dienone is 7. The van der Waals surface area contributed by atoms with Crippen molar-refractivity contribution >= 4 is 93.2 Å². The van der Waals surface area contributed by atoms with E-state index in [4.69, 9.17) is 14.2 Å². The first kappa shape index (κ1) is 83.5. The van der Waals surface area contributed by atoms with E-state index in [9.17, 15) is 99.8 Å². The van der Waals surface area contributed by atoms with Gasteiger partial charge in [-0.05, 0) is 136 Å². The smallest absolute Gasteiger partial charge is 0.326 e. The van der Waals surface area contributed by atoms with Crippen LogP contribution in [0.3, 0.4) is 0 Å². The highest BCUT2D eigenvalue weighted by molar-refractivity contribution is 7.86. The van der Waals surface area contributed by atoms with Crippen LogP contribution in [0.2, 0.25) is 0 Å². The van der Waals surface area contributed by atoms with Gasteiger partial charge in [0.1, 0.15) is 36.2 Å². The quantitative estimate of drug-likeness (QED) is 0.0232. The van der Waals surface area contributed by atoms with E-state index in [1.54, 1.807) is 42.5 Å². The number of anilines is 1. The number of nitrogens with zero attached hydrogens (tertiary/aromatic N) is 6. The van der Waals surface area contributed by atoms with Crippen molar-refractivity contribution in [3.63, 3.8) is 0 Å². The maximum Gasteiger partial charge on any atom is 0.326 e. The fraction of sp³-hybridized carbons (Fsp3) is 0.521. The van der Waals surface area contributed by atoms with Gasteiger partial charge in [0.2, 0.25) is 29.3 Å². The number of alkyl halides is 2. The first-order valence-electron chi connectivity index (χ1n) is 35.2. The molecule has 1 aliphatic carbocycles. The van der Waals surface area contributed by atoms with Crippen LogP contribution in [0.25, 0.3) is 0 Å². The summed E-state index contributed by atoms with van der Waals surface area (Å²) in [4.78, 5) is 82.4. The molecule has 0 aromatic heterocycles. The Kier molecular flexibility index (Phi) is 26.7. The number of unbranched alkanes of at least 4 members (excludes halogenated alkanes) is 2. The number of carbonyl (C=O) groups is 6. The Bertz CT molecular complexity index is 4650. The van der Waals surface area contributed by atoms with Gasteiger partial charge in [-0.3, -0.25) is 32.8 Å². The molecule has 7 N–H and O–H groups in total. The molecule has 0 unspecified atom stereocenters. The van der Waals surface area contributed by atoms with Crippen LogP contribution in [0.5, 0.6) is 5.75 Å². The van der Waals surface area contributed by atoms with Gasteiger partial charge in [-0.25, -0.2) is 26.8 Å². The highest BCUT2D eigenvalue weighted by Crippen LogP contribution is 2.49. The molecule has 0 radical (unpaired) electrons. The van der Waals surface area contributed by atoms with Crippen molar-refractivity contribution in [1.82, 2.24) is 30.7 Å². The maximum absolute atomic E-state index is 14.0. The van der Waals surface area contributed by atoms with E-state index in [1.807, 2.05) is 61.5 Å². The summed E-state index contributed by atoms with van der Waals surface area (Å²) in [6.45, 7) is 7.95. The predicted octanol–water partition coefficient (Wildman–Crippen LogP) is 5.27. The molecule has 0 spiro atoms. The van der Waals surface area contributed by atoms with E-state index in [0.29, 0.717) is 81.4 Å². The molecule has 4 atom stereocenters.